The Morgan fingerprint density at radius 2 is 1.91 bits per heavy atom. The van der Waals surface area contributed by atoms with E-state index in [1.807, 2.05) is 24.3 Å². The van der Waals surface area contributed by atoms with Gasteiger partial charge in [0.2, 0.25) is 15.9 Å². The van der Waals surface area contributed by atoms with Crippen molar-refractivity contribution >= 4 is 33.4 Å². The van der Waals surface area contributed by atoms with Crippen molar-refractivity contribution in [3.63, 3.8) is 0 Å². The Morgan fingerprint density at radius 3 is 2.62 bits per heavy atom. The van der Waals surface area contributed by atoms with Crippen LogP contribution >= 0.6 is 11.8 Å². The number of ether oxygens (including phenoxy) is 2. The van der Waals surface area contributed by atoms with Gasteiger partial charge in [0, 0.05) is 42.9 Å². The van der Waals surface area contributed by atoms with Gasteiger partial charge >= 0.3 is 0 Å². The molecule has 7 nitrogen and oxygen atoms in total. The summed E-state index contributed by atoms with van der Waals surface area (Å²) in [7, 11) is -0.472. The normalized spacial score (nSPS) is 19.3. The monoisotopic (exact) mass is 476 g/mol. The Kier molecular flexibility index (Phi) is 6.69. The SMILES string of the molecule is COc1ccc(OC)c(C2CCN(S(=O)(=O)c3ccc4c(c3)N(C(C)=O)CCCS4)C2)c1. The summed E-state index contributed by atoms with van der Waals surface area (Å²) in [5.41, 5.74) is 1.64. The van der Waals surface area contributed by atoms with Crippen molar-refractivity contribution in [3.05, 3.63) is 42.0 Å². The molecule has 0 aromatic heterocycles. The van der Waals surface area contributed by atoms with Gasteiger partial charge in [-0.25, -0.2) is 8.42 Å². The third kappa shape index (κ3) is 4.33. The number of carbonyl (C=O) groups excluding carboxylic acids is 1. The van der Waals surface area contributed by atoms with E-state index in [2.05, 4.69) is 0 Å². The first-order chi connectivity index (χ1) is 15.3. The molecule has 9 heteroatoms. The maximum atomic E-state index is 13.5. The molecular formula is C23H28N2O5S2. The van der Waals surface area contributed by atoms with E-state index in [0.29, 0.717) is 31.7 Å². The van der Waals surface area contributed by atoms with Crippen molar-refractivity contribution in [2.75, 3.05) is 44.5 Å². The van der Waals surface area contributed by atoms with E-state index in [1.165, 1.54) is 11.2 Å². The molecule has 0 N–H and O–H groups in total. The fourth-order valence-corrected chi connectivity index (χ4v) is 6.85. The molecule has 1 amide bonds. The van der Waals surface area contributed by atoms with Gasteiger partial charge in [0.15, 0.2) is 0 Å². The van der Waals surface area contributed by atoms with E-state index in [1.54, 1.807) is 43.0 Å². The minimum Gasteiger partial charge on any atom is -0.497 e. The van der Waals surface area contributed by atoms with Crippen LogP contribution in [0.1, 0.15) is 31.2 Å². The molecule has 172 valence electrons. The smallest absolute Gasteiger partial charge is 0.243 e. The van der Waals surface area contributed by atoms with Crippen LogP contribution in [0, 0.1) is 0 Å². The molecular weight excluding hydrogens is 448 g/mol. The zero-order chi connectivity index (χ0) is 22.9. The van der Waals surface area contributed by atoms with E-state index in [4.69, 9.17) is 9.47 Å². The van der Waals surface area contributed by atoms with Crippen molar-refractivity contribution in [1.29, 1.82) is 0 Å². The van der Waals surface area contributed by atoms with E-state index in [0.717, 1.165) is 34.1 Å². The molecule has 0 aliphatic carbocycles. The summed E-state index contributed by atoms with van der Waals surface area (Å²) in [6.45, 7) is 2.91. The number of benzene rings is 2. The first kappa shape index (κ1) is 22.9. The van der Waals surface area contributed by atoms with Crippen molar-refractivity contribution in [2.45, 2.75) is 35.5 Å². The van der Waals surface area contributed by atoms with Crippen molar-refractivity contribution < 1.29 is 22.7 Å². The molecule has 2 aliphatic rings. The van der Waals surface area contributed by atoms with Gasteiger partial charge in [-0.05, 0) is 55.0 Å². The minimum atomic E-state index is -3.70. The number of hydrogen-bond acceptors (Lipinski definition) is 6. The largest absolute Gasteiger partial charge is 0.497 e. The van der Waals surface area contributed by atoms with Crippen molar-refractivity contribution in [2.24, 2.45) is 0 Å². The molecule has 0 saturated carbocycles. The Labute approximate surface area is 193 Å². The summed E-state index contributed by atoms with van der Waals surface area (Å²) in [4.78, 5) is 15.0. The third-order valence-electron chi connectivity index (χ3n) is 6.05. The summed E-state index contributed by atoms with van der Waals surface area (Å²) in [5.74, 6) is 2.29. The lowest BCUT2D eigenvalue weighted by atomic mass is 9.97. The second-order valence-electron chi connectivity index (χ2n) is 7.96. The number of fused-ring (bicyclic) bond motifs is 1. The van der Waals surface area contributed by atoms with Crippen LogP contribution in [-0.4, -0.2) is 58.2 Å². The van der Waals surface area contributed by atoms with Gasteiger partial charge in [-0.15, -0.1) is 11.8 Å². The Hall–Kier alpha value is -2.23. The number of methoxy groups -OCH3 is 2. The van der Waals surface area contributed by atoms with E-state index in [9.17, 15) is 13.2 Å². The number of thioether (sulfide) groups is 1. The van der Waals surface area contributed by atoms with Crippen molar-refractivity contribution in [1.82, 2.24) is 4.31 Å². The quantitative estimate of drug-likeness (QED) is 0.655. The first-order valence-corrected chi connectivity index (χ1v) is 13.0. The number of rotatable bonds is 5. The zero-order valence-corrected chi connectivity index (χ0v) is 20.2. The highest BCUT2D eigenvalue weighted by Crippen LogP contribution is 2.40. The van der Waals surface area contributed by atoms with Crippen LogP contribution in [-0.2, 0) is 14.8 Å². The molecule has 1 atom stereocenters. The second kappa shape index (κ2) is 9.33. The molecule has 2 aromatic carbocycles. The summed E-state index contributed by atoms with van der Waals surface area (Å²) in [6, 6.07) is 10.7. The van der Waals surface area contributed by atoms with Crippen LogP contribution in [0.4, 0.5) is 5.69 Å². The molecule has 32 heavy (non-hydrogen) atoms. The summed E-state index contributed by atoms with van der Waals surface area (Å²) in [6.07, 6.45) is 1.57. The van der Waals surface area contributed by atoms with E-state index < -0.39 is 10.0 Å². The number of hydrogen-bond donors (Lipinski definition) is 0. The molecule has 2 aromatic rings. The predicted molar refractivity (Wildman–Crippen MR) is 125 cm³/mol. The number of carbonyl (C=O) groups is 1. The number of anilines is 1. The fourth-order valence-electron chi connectivity index (χ4n) is 4.35. The fraction of sp³-hybridized carbons (Fsp3) is 0.435. The van der Waals surface area contributed by atoms with E-state index >= 15 is 0 Å². The zero-order valence-electron chi connectivity index (χ0n) is 18.5. The summed E-state index contributed by atoms with van der Waals surface area (Å²) in [5, 5.41) is 0. The topological polar surface area (TPSA) is 76.2 Å². The lowest BCUT2D eigenvalue weighted by Gasteiger charge is -2.23. The average Bonchev–Trinajstić information content (AvgIpc) is 3.20. The van der Waals surface area contributed by atoms with E-state index in [-0.39, 0.29) is 16.7 Å². The standard InChI is InChI=1S/C23H28N2O5S2/c1-16(26)25-10-4-12-31-23-8-6-19(14-21(23)25)32(27,28)24-11-9-17(15-24)20-13-18(29-2)5-7-22(20)30-3/h5-8,13-14,17H,4,9-12,15H2,1-3H3. The van der Waals surface area contributed by atoms with Crippen LogP contribution in [0.5, 0.6) is 11.5 Å². The maximum Gasteiger partial charge on any atom is 0.243 e. The molecule has 2 heterocycles. The molecule has 1 fully saturated rings. The third-order valence-corrected chi connectivity index (χ3v) is 9.06. The van der Waals surface area contributed by atoms with Gasteiger partial charge in [-0.3, -0.25) is 4.79 Å². The lowest BCUT2D eigenvalue weighted by Crippen LogP contribution is -2.31. The van der Waals surface area contributed by atoms with Gasteiger partial charge in [0.25, 0.3) is 0 Å². The average molecular weight is 477 g/mol. The highest BCUT2D eigenvalue weighted by atomic mass is 32.2. The van der Waals surface area contributed by atoms with Gasteiger partial charge < -0.3 is 14.4 Å². The van der Waals surface area contributed by atoms with Crippen LogP contribution in [0.25, 0.3) is 0 Å². The predicted octanol–water partition coefficient (Wildman–Crippen LogP) is 3.73. The molecule has 0 bridgehead atoms. The van der Waals surface area contributed by atoms with Crippen LogP contribution < -0.4 is 14.4 Å². The first-order valence-electron chi connectivity index (χ1n) is 10.6. The lowest BCUT2D eigenvalue weighted by molar-refractivity contribution is -0.116. The number of nitrogens with zero attached hydrogens (tertiary/aromatic N) is 2. The minimum absolute atomic E-state index is 0.0138. The number of sulfonamides is 1. The Balaban J connectivity index is 1.62. The van der Waals surface area contributed by atoms with Gasteiger partial charge in [0.05, 0.1) is 24.8 Å². The Bertz CT molecular complexity index is 1120. The molecule has 1 unspecified atom stereocenters. The molecule has 0 radical (unpaired) electrons. The molecule has 2 aliphatic heterocycles. The summed E-state index contributed by atoms with van der Waals surface area (Å²) >= 11 is 1.66. The molecule has 4 rings (SSSR count). The number of amides is 1. The molecule has 0 spiro atoms. The maximum absolute atomic E-state index is 13.5. The highest BCUT2D eigenvalue weighted by molar-refractivity contribution is 7.99. The van der Waals surface area contributed by atoms with Crippen LogP contribution in [0.3, 0.4) is 0 Å². The highest BCUT2D eigenvalue weighted by Gasteiger charge is 2.35. The van der Waals surface area contributed by atoms with Gasteiger partial charge in [-0.2, -0.15) is 4.31 Å². The second-order valence-corrected chi connectivity index (χ2v) is 11.0. The van der Waals surface area contributed by atoms with Crippen molar-refractivity contribution in [3.8, 4) is 11.5 Å². The molecule has 1 saturated heterocycles. The van der Waals surface area contributed by atoms with Crippen LogP contribution in [0.15, 0.2) is 46.2 Å². The Morgan fingerprint density at radius 1 is 1.09 bits per heavy atom. The summed E-state index contributed by atoms with van der Waals surface area (Å²) < 4.78 is 39.4. The van der Waals surface area contributed by atoms with Crippen LogP contribution in [0.2, 0.25) is 0 Å². The van der Waals surface area contributed by atoms with Gasteiger partial charge in [0.1, 0.15) is 11.5 Å². The van der Waals surface area contributed by atoms with Gasteiger partial charge in [-0.1, -0.05) is 0 Å².